The summed E-state index contributed by atoms with van der Waals surface area (Å²) in [7, 11) is 0. The van der Waals surface area contributed by atoms with Crippen LogP contribution in [0.25, 0.3) is 0 Å². The molecule has 0 aromatic heterocycles. The van der Waals surface area contributed by atoms with Crippen LogP contribution in [0.4, 0.5) is 0 Å². The van der Waals surface area contributed by atoms with Gasteiger partial charge in [0, 0.05) is 12.6 Å². The first-order valence-corrected chi connectivity index (χ1v) is 4.97. The summed E-state index contributed by atoms with van der Waals surface area (Å²) in [5.41, 5.74) is 0. The summed E-state index contributed by atoms with van der Waals surface area (Å²) >= 11 is 0. The molecule has 0 saturated carbocycles. The minimum absolute atomic E-state index is 0.771. The highest BCUT2D eigenvalue weighted by atomic mass is 15.1. The van der Waals surface area contributed by atoms with Crippen molar-refractivity contribution in [1.29, 1.82) is 0 Å². The molecule has 0 unspecified atom stereocenters. The molecule has 1 aliphatic rings. The van der Waals surface area contributed by atoms with E-state index < -0.39 is 0 Å². The number of rotatable bonds is 3. The van der Waals surface area contributed by atoms with Gasteiger partial charge < -0.3 is 10.2 Å². The first kappa shape index (κ1) is 9.59. The van der Waals surface area contributed by atoms with Crippen LogP contribution in [-0.4, -0.2) is 30.6 Å². The zero-order valence-electron chi connectivity index (χ0n) is 8.21. The Balaban J connectivity index is 2.40. The second-order valence-electron chi connectivity index (χ2n) is 3.29. The molecule has 1 aliphatic heterocycles. The molecule has 0 aliphatic carbocycles. The van der Waals surface area contributed by atoms with Gasteiger partial charge in [-0.3, -0.25) is 0 Å². The highest BCUT2D eigenvalue weighted by Crippen LogP contribution is 2.11. The summed E-state index contributed by atoms with van der Waals surface area (Å²) in [5.74, 6) is 0. The maximum atomic E-state index is 3.39. The van der Waals surface area contributed by atoms with E-state index in [0.29, 0.717) is 0 Å². The number of nitrogens with zero attached hydrogens (tertiary/aromatic N) is 1. The van der Waals surface area contributed by atoms with E-state index in [4.69, 9.17) is 0 Å². The Bertz CT molecular complexity index is 137. The van der Waals surface area contributed by atoms with E-state index in [1.165, 1.54) is 25.9 Å². The standard InChI is InChI=1S/C10H20N2/c1-3-9-12(4-2)10-5-7-11-8-6-10/h3,9-11H,4-8H2,1-2H3/b9-3-. The fourth-order valence-electron chi connectivity index (χ4n) is 1.82. The van der Waals surface area contributed by atoms with Crippen molar-refractivity contribution in [2.24, 2.45) is 0 Å². The molecule has 0 bridgehead atoms. The Hall–Kier alpha value is -0.500. The lowest BCUT2D eigenvalue weighted by Crippen LogP contribution is -2.40. The summed E-state index contributed by atoms with van der Waals surface area (Å²) in [5, 5.41) is 3.39. The van der Waals surface area contributed by atoms with E-state index in [2.05, 4.69) is 36.3 Å². The van der Waals surface area contributed by atoms with Gasteiger partial charge in [0.15, 0.2) is 0 Å². The van der Waals surface area contributed by atoms with Crippen LogP contribution in [0.5, 0.6) is 0 Å². The summed E-state index contributed by atoms with van der Waals surface area (Å²) in [4.78, 5) is 2.45. The molecule has 0 spiro atoms. The van der Waals surface area contributed by atoms with Crippen molar-refractivity contribution in [3.8, 4) is 0 Å². The van der Waals surface area contributed by atoms with Crippen LogP contribution in [0.15, 0.2) is 12.3 Å². The summed E-state index contributed by atoms with van der Waals surface area (Å²) in [6.07, 6.45) is 6.93. The van der Waals surface area contributed by atoms with Gasteiger partial charge >= 0.3 is 0 Å². The van der Waals surface area contributed by atoms with E-state index in [1.54, 1.807) is 0 Å². The molecule has 2 heteroatoms. The van der Waals surface area contributed by atoms with Gasteiger partial charge in [-0.25, -0.2) is 0 Å². The lowest BCUT2D eigenvalue weighted by atomic mass is 10.1. The second-order valence-corrected chi connectivity index (χ2v) is 3.29. The molecule has 1 fully saturated rings. The summed E-state index contributed by atoms with van der Waals surface area (Å²) in [6, 6.07) is 0.771. The van der Waals surface area contributed by atoms with Crippen LogP contribution >= 0.6 is 0 Å². The summed E-state index contributed by atoms with van der Waals surface area (Å²) < 4.78 is 0. The van der Waals surface area contributed by atoms with Crippen LogP contribution in [0.3, 0.4) is 0 Å². The van der Waals surface area contributed by atoms with Crippen molar-refractivity contribution in [2.75, 3.05) is 19.6 Å². The quantitative estimate of drug-likeness (QED) is 0.688. The minimum atomic E-state index is 0.771. The number of hydrogen-bond donors (Lipinski definition) is 1. The third-order valence-electron chi connectivity index (χ3n) is 2.48. The minimum Gasteiger partial charge on any atom is -0.375 e. The number of allylic oxidation sites excluding steroid dienone is 1. The SMILES string of the molecule is C/C=C\N(CC)C1CCNCC1. The van der Waals surface area contributed by atoms with Crippen molar-refractivity contribution in [1.82, 2.24) is 10.2 Å². The number of hydrogen-bond acceptors (Lipinski definition) is 2. The van der Waals surface area contributed by atoms with Gasteiger partial charge in [0.25, 0.3) is 0 Å². The average molecular weight is 168 g/mol. The van der Waals surface area contributed by atoms with E-state index >= 15 is 0 Å². The van der Waals surface area contributed by atoms with Crippen LogP contribution < -0.4 is 5.32 Å². The number of nitrogens with one attached hydrogen (secondary N) is 1. The predicted molar refractivity (Wildman–Crippen MR) is 53.1 cm³/mol. The molecule has 0 atom stereocenters. The Morgan fingerprint density at radius 3 is 2.58 bits per heavy atom. The Labute approximate surface area is 75.6 Å². The second kappa shape index (κ2) is 5.20. The predicted octanol–water partition coefficient (Wildman–Crippen LogP) is 1.59. The average Bonchev–Trinajstić information content (AvgIpc) is 2.15. The highest BCUT2D eigenvalue weighted by Gasteiger charge is 2.16. The Morgan fingerprint density at radius 1 is 1.42 bits per heavy atom. The molecule has 0 radical (unpaired) electrons. The third-order valence-corrected chi connectivity index (χ3v) is 2.48. The van der Waals surface area contributed by atoms with Crippen LogP contribution in [0.1, 0.15) is 26.7 Å². The zero-order valence-corrected chi connectivity index (χ0v) is 8.21. The highest BCUT2D eigenvalue weighted by molar-refractivity contribution is 4.86. The molecule has 12 heavy (non-hydrogen) atoms. The fourth-order valence-corrected chi connectivity index (χ4v) is 1.82. The van der Waals surface area contributed by atoms with Crippen molar-refractivity contribution in [3.63, 3.8) is 0 Å². The van der Waals surface area contributed by atoms with Gasteiger partial charge in [0.1, 0.15) is 0 Å². The lowest BCUT2D eigenvalue weighted by molar-refractivity contribution is 0.234. The van der Waals surface area contributed by atoms with E-state index in [9.17, 15) is 0 Å². The molecule has 1 heterocycles. The molecular weight excluding hydrogens is 148 g/mol. The van der Waals surface area contributed by atoms with E-state index in [1.807, 2.05) is 0 Å². The first-order valence-electron chi connectivity index (χ1n) is 4.97. The maximum absolute atomic E-state index is 3.39. The Morgan fingerprint density at radius 2 is 2.08 bits per heavy atom. The Kier molecular flexibility index (Phi) is 4.15. The molecule has 2 nitrogen and oxygen atoms in total. The zero-order chi connectivity index (χ0) is 8.81. The smallest absolute Gasteiger partial charge is 0.0308 e. The molecule has 1 N–H and O–H groups in total. The third kappa shape index (κ3) is 2.52. The molecule has 70 valence electrons. The van der Waals surface area contributed by atoms with Crippen molar-refractivity contribution in [3.05, 3.63) is 12.3 Å². The molecule has 1 saturated heterocycles. The number of piperidine rings is 1. The largest absolute Gasteiger partial charge is 0.375 e. The van der Waals surface area contributed by atoms with E-state index in [-0.39, 0.29) is 0 Å². The fraction of sp³-hybridized carbons (Fsp3) is 0.800. The van der Waals surface area contributed by atoms with Crippen molar-refractivity contribution in [2.45, 2.75) is 32.7 Å². The molecule has 0 aromatic rings. The van der Waals surface area contributed by atoms with Crippen LogP contribution in [0, 0.1) is 0 Å². The van der Waals surface area contributed by atoms with Gasteiger partial charge in [-0.15, -0.1) is 0 Å². The van der Waals surface area contributed by atoms with Gasteiger partial charge in [-0.1, -0.05) is 6.08 Å². The van der Waals surface area contributed by atoms with E-state index in [0.717, 1.165) is 12.6 Å². The van der Waals surface area contributed by atoms with Gasteiger partial charge in [0.2, 0.25) is 0 Å². The summed E-state index contributed by atoms with van der Waals surface area (Å²) in [6.45, 7) is 7.80. The molecule has 0 aromatic carbocycles. The van der Waals surface area contributed by atoms with Crippen molar-refractivity contribution < 1.29 is 0 Å². The monoisotopic (exact) mass is 168 g/mol. The van der Waals surface area contributed by atoms with Crippen molar-refractivity contribution >= 4 is 0 Å². The van der Waals surface area contributed by atoms with Gasteiger partial charge in [-0.05, 0) is 46.0 Å². The van der Waals surface area contributed by atoms with Gasteiger partial charge in [-0.2, -0.15) is 0 Å². The van der Waals surface area contributed by atoms with Gasteiger partial charge in [0.05, 0.1) is 0 Å². The molecule has 1 rings (SSSR count). The maximum Gasteiger partial charge on any atom is 0.0308 e. The normalized spacial score (nSPS) is 20.2. The molecule has 0 amide bonds. The topological polar surface area (TPSA) is 15.3 Å². The van der Waals surface area contributed by atoms with Crippen LogP contribution in [-0.2, 0) is 0 Å². The lowest BCUT2D eigenvalue weighted by Gasteiger charge is -2.32. The first-order chi connectivity index (χ1) is 5.88. The molecular formula is C10H20N2. The van der Waals surface area contributed by atoms with Crippen LogP contribution in [0.2, 0.25) is 0 Å².